The van der Waals surface area contributed by atoms with Crippen molar-refractivity contribution < 1.29 is 9.59 Å². The van der Waals surface area contributed by atoms with Crippen molar-refractivity contribution in [1.82, 2.24) is 10.2 Å². The van der Waals surface area contributed by atoms with Gasteiger partial charge in [-0.1, -0.05) is 38.5 Å². The third-order valence-corrected chi connectivity index (χ3v) is 4.07. The van der Waals surface area contributed by atoms with Crippen LogP contribution in [0.15, 0.2) is 24.3 Å². The number of nitrogens with zero attached hydrogens (tertiary/aromatic N) is 1. The fourth-order valence-electron chi connectivity index (χ4n) is 2.67. The number of amides is 2. The zero-order valence-electron chi connectivity index (χ0n) is 14.0. The molecule has 1 aromatic carbocycles. The maximum atomic E-state index is 12.2. The van der Waals surface area contributed by atoms with Gasteiger partial charge in [0.1, 0.15) is 0 Å². The fraction of sp³-hybridized carbons (Fsp3) is 0.556. The highest BCUT2D eigenvalue weighted by Crippen LogP contribution is 2.21. The van der Waals surface area contributed by atoms with E-state index in [-0.39, 0.29) is 23.3 Å². The molecule has 22 heavy (non-hydrogen) atoms. The zero-order valence-corrected chi connectivity index (χ0v) is 14.0. The molecule has 1 heterocycles. The molecule has 0 atom stereocenters. The number of carbonyl (C=O) groups excluding carboxylic acids is 2. The molecule has 120 valence electrons. The third kappa shape index (κ3) is 4.09. The summed E-state index contributed by atoms with van der Waals surface area (Å²) in [6.45, 7) is 9.27. The summed E-state index contributed by atoms with van der Waals surface area (Å²) < 4.78 is 0. The molecular formula is C18H26N2O2. The van der Waals surface area contributed by atoms with Crippen LogP contribution < -0.4 is 5.32 Å². The molecule has 4 nitrogen and oxygen atoms in total. The van der Waals surface area contributed by atoms with Crippen molar-refractivity contribution >= 4 is 11.8 Å². The van der Waals surface area contributed by atoms with Gasteiger partial charge < -0.3 is 10.2 Å². The second-order valence-corrected chi connectivity index (χ2v) is 7.16. The fourth-order valence-corrected chi connectivity index (χ4v) is 2.67. The van der Waals surface area contributed by atoms with Crippen LogP contribution in [0.25, 0.3) is 0 Å². The lowest BCUT2D eigenvalue weighted by Crippen LogP contribution is -2.49. The molecule has 0 bridgehead atoms. The van der Waals surface area contributed by atoms with Gasteiger partial charge in [-0.25, -0.2) is 0 Å². The van der Waals surface area contributed by atoms with Gasteiger partial charge in [0.15, 0.2) is 0 Å². The zero-order chi connectivity index (χ0) is 16.3. The molecule has 0 radical (unpaired) electrons. The second kappa shape index (κ2) is 6.51. The molecule has 1 aliphatic rings. The van der Waals surface area contributed by atoms with Crippen LogP contribution in [-0.2, 0) is 4.79 Å². The van der Waals surface area contributed by atoms with Crippen LogP contribution in [0.5, 0.6) is 0 Å². The Morgan fingerprint density at radius 1 is 1.09 bits per heavy atom. The molecule has 1 aliphatic heterocycles. The van der Waals surface area contributed by atoms with Gasteiger partial charge in [-0.05, 0) is 31.9 Å². The van der Waals surface area contributed by atoms with Gasteiger partial charge in [-0.15, -0.1) is 0 Å². The Bertz CT molecular complexity index is 535. The lowest BCUT2D eigenvalue weighted by molar-refractivity contribution is -0.140. The van der Waals surface area contributed by atoms with Gasteiger partial charge >= 0.3 is 0 Å². The monoisotopic (exact) mass is 302 g/mol. The molecular weight excluding hydrogens is 276 g/mol. The van der Waals surface area contributed by atoms with E-state index in [0.29, 0.717) is 5.56 Å². The lowest BCUT2D eigenvalue weighted by Gasteiger charge is -2.36. The van der Waals surface area contributed by atoms with Crippen LogP contribution in [0, 0.1) is 12.3 Å². The van der Waals surface area contributed by atoms with Crippen molar-refractivity contribution in [3.05, 3.63) is 35.4 Å². The number of hydrogen-bond acceptors (Lipinski definition) is 2. The number of carbonyl (C=O) groups is 2. The van der Waals surface area contributed by atoms with Gasteiger partial charge in [0.25, 0.3) is 5.91 Å². The Hall–Kier alpha value is -1.84. The minimum Gasteiger partial charge on any atom is -0.349 e. The molecule has 1 saturated heterocycles. The Morgan fingerprint density at radius 2 is 1.64 bits per heavy atom. The topological polar surface area (TPSA) is 49.4 Å². The van der Waals surface area contributed by atoms with Crippen LogP contribution in [-0.4, -0.2) is 35.8 Å². The van der Waals surface area contributed by atoms with E-state index in [4.69, 9.17) is 0 Å². The van der Waals surface area contributed by atoms with Crippen LogP contribution in [0.2, 0.25) is 0 Å². The molecule has 0 unspecified atom stereocenters. The van der Waals surface area contributed by atoms with Crippen molar-refractivity contribution in [3.8, 4) is 0 Å². The highest BCUT2D eigenvalue weighted by Gasteiger charge is 2.30. The van der Waals surface area contributed by atoms with Crippen LogP contribution in [0.3, 0.4) is 0 Å². The van der Waals surface area contributed by atoms with Crippen LogP contribution in [0.1, 0.15) is 49.5 Å². The molecule has 1 aromatic rings. The predicted molar refractivity (Wildman–Crippen MR) is 87.7 cm³/mol. The summed E-state index contributed by atoms with van der Waals surface area (Å²) in [5, 5.41) is 3.08. The smallest absolute Gasteiger partial charge is 0.251 e. The normalized spacial score (nSPS) is 16.5. The van der Waals surface area contributed by atoms with Crippen molar-refractivity contribution in [3.63, 3.8) is 0 Å². The van der Waals surface area contributed by atoms with Crippen LogP contribution in [0.4, 0.5) is 0 Å². The Balaban J connectivity index is 1.86. The summed E-state index contributed by atoms with van der Waals surface area (Å²) in [6, 6.07) is 7.74. The van der Waals surface area contributed by atoms with Crippen molar-refractivity contribution in [2.75, 3.05) is 13.1 Å². The predicted octanol–water partition coefficient (Wildman–Crippen LogP) is 2.76. The molecule has 2 amide bonds. The highest BCUT2D eigenvalue weighted by atomic mass is 16.2. The standard InChI is InChI=1S/C18H26N2O2/c1-13-5-7-14(8-6-13)16(21)19-15-9-11-20(12-10-15)17(22)18(2,3)4/h5-8,15H,9-12H2,1-4H3,(H,19,21). The van der Waals surface area contributed by atoms with Crippen molar-refractivity contribution in [2.45, 2.75) is 46.6 Å². The summed E-state index contributed by atoms with van der Waals surface area (Å²) in [4.78, 5) is 26.4. The first-order valence-corrected chi connectivity index (χ1v) is 7.94. The average Bonchev–Trinajstić information content (AvgIpc) is 2.47. The van der Waals surface area contributed by atoms with E-state index in [9.17, 15) is 9.59 Å². The summed E-state index contributed by atoms with van der Waals surface area (Å²) >= 11 is 0. The summed E-state index contributed by atoms with van der Waals surface area (Å²) in [6.07, 6.45) is 1.64. The van der Waals surface area contributed by atoms with Gasteiger partial charge in [-0.2, -0.15) is 0 Å². The molecule has 4 heteroatoms. The Kier molecular flexibility index (Phi) is 4.89. The van der Waals surface area contributed by atoms with Gasteiger partial charge in [0.05, 0.1) is 0 Å². The number of rotatable bonds is 2. The number of likely N-dealkylation sites (tertiary alicyclic amines) is 1. The highest BCUT2D eigenvalue weighted by molar-refractivity contribution is 5.94. The minimum absolute atomic E-state index is 0.0272. The molecule has 0 aromatic heterocycles. The minimum atomic E-state index is -0.335. The number of aryl methyl sites for hydroxylation is 1. The Labute approximate surface area is 132 Å². The van der Waals surface area contributed by atoms with E-state index in [2.05, 4.69) is 5.32 Å². The van der Waals surface area contributed by atoms with E-state index in [0.717, 1.165) is 31.5 Å². The summed E-state index contributed by atoms with van der Waals surface area (Å²) in [5.41, 5.74) is 1.50. The number of benzene rings is 1. The molecule has 1 N–H and O–H groups in total. The maximum Gasteiger partial charge on any atom is 0.251 e. The average molecular weight is 302 g/mol. The second-order valence-electron chi connectivity index (χ2n) is 7.16. The van der Waals surface area contributed by atoms with Gasteiger partial charge in [-0.3, -0.25) is 9.59 Å². The maximum absolute atomic E-state index is 12.2. The van der Waals surface area contributed by atoms with Gasteiger partial charge in [0.2, 0.25) is 5.91 Å². The first-order valence-electron chi connectivity index (χ1n) is 7.94. The van der Waals surface area contributed by atoms with E-state index in [1.165, 1.54) is 0 Å². The lowest BCUT2D eigenvalue weighted by atomic mass is 9.93. The SMILES string of the molecule is Cc1ccc(C(=O)NC2CCN(C(=O)C(C)(C)C)CC2)cc1. The van der Waals surface area contributed by atoms with E-state index in [1.54, 1.807) is 0 Å². The molecule has 0 saturated carbocycles. The van der Waals surface area contributed by atoms with Crippen molar-refractivity contribution in [1.29, 1.82) is 0 Å². The quantitative estimate of drug-likeness (QED) is 0.913. The molecule has 0 aliphatic carbocycles. The van der Waals surface area contributed by atoms with Gasteiger partial charge in [0, 0.05) is 30.1 Å². The Morgan fingerprint density at radius 3 is 2.14 bits per heavy atom. The first kappa shape index (κ1) is 16.5. The number of hydrogen-bond donors (Lipinski definition) is 1. The van der Waals surface area contributed by atoms with E-state index < -0.39 is 0 Å². The largest absolute Gasteiger partial charge is 0.349 e. The van der Waals surface area contributed by atoms with Crippen molar-refractivity contribution in [2.24, 2.45) is 5.41 Å². The summed E-state index contributed by atoms with van der Waals surface area (Å²) in [5.74, 6) is 0.163. The molecule has 0 spiro atoms. The number of nitrogens with one attached hydrogen (secondary N) is 1. The number of piperidine rings is 1. The molecule has 2 rings (SSSR count). The molecule has 1 fully saturated rings. The van der Waals surface area contributed by atoms with E-state index in [1.807, 2.05) is 56.9 Å². The third-order valence-electron chi connectivity index (χ3n) is 4.07. The van der Waals surface area contributed by atoms with Crippen LogP contribution >= 0.6 is 0 Å². The first-order chi connectivity index (χ1) is 10.3. The van der Waals surface area contributed by atoms with E-state index >= 15 is 0 Å². The summed E-state index contributed by atoms with van der Waals surface area (Å²) in [7, 11) is 0.